The molecule has 4 rings (SSSR count). The summed E-state index contributed by atoms with van der Waals surface area (Å²) in [5.41, 5.74) is 1.24. The Morgan fingerprint density at radius 1 is 1.21 bits per heavy atom. The molecule has 1 N–H and O–H groups in total. The van der Waals surface area contributed by atoms with Crippen LogP contribution in [0.25, 0.3) is 0 Å². The predicted octanol–water partition coefficient (Wildman–Crippen LogP) is 2.22. The van der Waals surface area contributed by atoms with Crippen molar-refractivity contribution in [2.75, 3.05) is 24.5 Å². The lowest BCUT2D eigenvalue weighted by atomic mass is 10.1. The topological polar surface area (TPSA) is 61.5 Å². The summed E-state index contributed by atoms with van der Waals surface area (Å²) in [6.07, 6.45) is 0.598. The molecule has 28 heavy (non-hydrogen) atoms. The second-order valence-electron chi connectivity index (χ2n) is 7.64. The number of fused-ring (bicyclic) bond motifs is 1. The molecule has 1 aromatic carbocycles. The standard InChI is InChI=1S/C20H24F2N4O2/c1-12-8-26(9-13(2)28-12)20-23-18-11-25(7-6-14(18)19(27)24-20)10-15-16(21)4-3-5-17(15)22/h3-5,12-13H,6-11H2,1-2H3,(H,23,24,27)/t12-,13-/m0/s1. The minimum Gasteiger partial charge on any atom is -0.372 e. The number of H-pyrrole nitrogens is 1. The van der Waals surface area contributed by atoms with Crippen LogP contribution >= 0.6 is 0 Å². The molecule has 0 radical (unpaired) electrons. The van der Waals surface area contributed by atoms with Gasteiger partial charge in [0.05, 0.1) is 17.9 Å². The van der Waals surface area contributed by atoms with Gasteiger partial charge in [0.15, 0.2) is 0 Å². The van der Waals surface area contributed by atoms with Crippen LogP contribution in [0.15, 0.2) is 23.0 Å². The minimum atomic E-state index is -0.554. The van der Waals surface area contributed by atoms with Crippen LogP contribution < -0.4 is 10.5 Å². The maximum absolute atomic E-state index is 14.0. The molecule has 2 atom stereocenters. The number of rotatable bonds is 3. The van der Waals surface area contributed by atoms with E-state index < -0.39 is 11.6 Å². The number of aromatic nitrogens is 2. The summed E-state index contributed by atoms with van der Waals surface area (Å²) in [5, 5.41) is 0. The van der Waals surface area contributed by atoms with Crippen LogP contribution in [0.5, 0.6) is 0 Å². The molecule has 6 nitrogen and oxygen atoms in total. The maximum atomic E-state index is 14.0. The summed E-state index contributed by atoms with van der Waals surface area (Å²) in [5.74, 6) is -0.576. The van der Waals surface area contributed by atoms with E-state index in [4.69, 9.17) is 4.74 Å². The fraction of sp³-hybridized carbons (Fsp3) is 0.500. The molecule has 8 heteroatoms. The van der Waals surface area contributed by atoms with Crippen LogP contribution in [0.1, 0.15) is 30.7 Å². The SMILES string of the molecule is C[C@H]1CN(c2nc3c(c(=O)[nH]2)CCN(Cc2c(F)cccc2F)C3)C[C@H](C)O1. The summed E-state index contributed by atoms with van der Waals surface area (Å²) in [6.45, 7) is 6.36. The van der Waals surface area contributed by atoms with Gasteiger partial charge in [0, 0.05) is 43.9 Å². The van der Waals surface area contributed by atoms with Crippen LogP contribution in [0.2, 0.25) is 0 Å². The molecular weight excluding hydrogens is 366 g/mol. The van der Waals surface area contributed by atoms with E-state index in [-0.39, 0.29) is 29.9 Å². The fourth-order valence-corrected chi connectivity index (χ4v) is 4.02. The predicted molar refractivity (Wildman–Crippen MR) is 101 cm³/mol. The number of halogens is 2. The fourth-order valence-electron chi connectivity index (χ4n) is 4.02. The molecule has 0 bridgehead atoms. The van der Waals surface area contributed by atoms with Crippen LogP contribution in [-0.2, 0) is 24.2 Å². The number of aromatic amines is 1. The van der Waals surface area contributed by atoms with Crippen molar-refractivity contribution in [1.82, 2.24) is 14.9 Å². The van der Waals surface area contributed by atoms with Crippen molar-refractivity contribution in [3.05, 3.63) is 57.0 Å². The van der Waals surface area contributed by atoms with E-state index in [1.165, 1.54) is 18.2 Å². The van der Waals surface area contributed by atoms with E-state index in [1.807, 2.05) is 23.6 Å². The molecule has 1 fully saturated rings. The minimum absolute atomic E-state index is 0.0469. The van der Waals surface area contributed by atoms with Crippen LogP contribution in [0, 0.1) is 11.6 Å². The highest BCUT2D eigenvalue weighted by molar-refractivity contribution is 5.35. The first-order chi connectivity index (χ1) is 13.4. The number of nitrogens with one attached hydrogen (secondary N) is 1. The Hall–Kier alpha value is -2.32. The Morgan fingerprint density at radius 2 is 1.89 bits per heavy atom. The molecule has 0 saturated carbocycles. The Morgan fingerprint density at radius 3 is 2.57 bits per heavy atom. The molecule has 1 saturated heterocycles. The first kappa shape index (κ1) is 19.0. The van der Waals surface area contributed by atoms with E-state index in [0.717, 1.165) is 0 Å². The van der Waals surface area contributed by atoms with Gasteiger partial charge in [-0.15, -0.1) is 0 Å². The quantitative estimate of drug-likeness (QED) is 0.871. The average molecular weight is 390 g/mol. The molecule has 2 aliphatic heterocycles. The van der Waals surface area contributed by atoms with Gasteiger partial charge in [-0.1, -0.05) is 6.07 Å². The zero-order valence-corrected chi connectivity index (χ0v) is 16.0. The van der Waals surface area contributed by atoms with Gasteiger partial charge in [-0.25, -0.2) is 13.8 Å². The summed E-state index contributed by atoms with van der Waals surface area (Å²) in [7, 11) is 0. The molecule has 1 aromatic heterocycles. The maximum Gasteiger partial charge on any atom is 0.255 e. The van der Waals surface area contributed by atoms with Crippen molar-refractivity contribution in [3.8, 4) is 0 Å². The van der Waals surface area contributed by atoms with Crippen LogP contribution in [0.4, 0.5) is 14.7 Å². The summed E-state index contributed by atoms with van der Waals surface area (Å²) >= 11 is 0. The van der Waals surface area contributed by atoms with Gasteiger partial charge in [-0.05, 0) is 32.4 Å². The van der Waals surface area contributed by atoms with Crippen molar-refractivity contribution in [2.24, 2.45) is 0 Å². The van der Waals surface area contributed by atoms with E-state index in [9.17, 15) is 13.6 Å². The van der Waals surface area contributed by atoms with Crippen molar-refractivity contribution in [2.45, 2.75) is 45.6 Å². The third-order valence-corrected chi connectivity index (χ3v) is 5.30. The van der Waals surface area contributed by atoms with Crippen molar-refractivity contribution < 1.29 is 13.5 Å². The number of benzene rings is 1. The van der Waals surface area contributed by atoms with Crippen molar-refractivity contribution in [1.29, 1.82) is 0 Å². The zero-order valence-electron chi connectivity index (χ0n) is 16.0. The van der Waals surface area contributed by atoms with E-state index in [2.05, 4.69) is 9.97 Å². The largest absolute Gasteiger partial charge is 0.372 e. The number of ether oxygens (including phenoxy) is 1. The third kappa shape index (κ3) is 3.79. The smallest absolute Gasteiger partial charge is 0.255 e. The van der Waals surface area contributed by atoms with Gasteiger partial charge in [0.1, 0.15) is 11.6 Å². The Labute approximate surface area is 162 Å². The highest BCUT2D eigenvalue weighted by Crippen LogP contribution is 2.22. The van der Waals surface area contributed by atoms with Crippen LogP contribution in [-0.4, -0.2) is 46.7 Å². The summed E-state index contributed by atoms with van der Waals surface area (Å²) in [6, 6.07) is 3.88. The Kier molecular flexibility index (Phi) is 5.16. The molecule has 0 amide bonds. The number of hydrogen-bond acceptors (Lipinski definition) is 5. The number of morpholine rings is 1. The summed E-state index contributed by atoms with van der Waals surface area (Å²) < 4.78 is 33.7. The summed E-state index contributed by atoms with van der Waals surface area (Å²) in [4.78, 5) is 24.1. The Balaban J connectivity index is 1.57. The normalized spacial score (nSPS) is 22.9. The molecule has 2 aromatic rings. The third-order valence-electron chi connectivity index (χ3n) is 5.30. The van der Waals surface area contributed by atoms with E-state index in [0.29, 0.717) is 49.8 Å². The molecule has 0 aliphatic carbocycles. The van der Waals surface area contributed by atoms with Gasteiger partial charge in [0.25, 0.3) is 5.56 Å². The second kappa shape index (κ2) is 7.60. The average Bonchev–Trinajstić information content (AvgIpc) is 2.64. The second-order valence-corrected chi connectivity index (χ2v) is 7.64. The van der Waals surface area contributed by atoms with Gasteiger partial charge < -0.3 is 9.64 Å². The number of anilines is 1. The highest BCUT2D eigenvalue weighted by atomic mass is 19.1. The van der Waals surface area contributed by atoms with Crippen molar-refractivity contribution in [3.63, 3.8) is 0 Å². The van der Waals surface area contributed by atoms with Gasteiger partial charge >= 0.3 is 0 Å². The highest BCUT2D eigenvalue weighted by Gasteiger charge is 2.27. The molecular formula is C20H24F2N4O2. The van der Waals surface area contributed by atoms with Crippen LogP contribution in [0.3, 0.4) is 0 Å². The molecule has 150 valence electrons. The lowest BCUT2D eigenvalue weighted by Crippen LogP contribution is -2.47. The lowest BCUT2D eigenvalue weighted by molar-refractivity contribution is -0.00576. The molecule has 0 spiro atoms. The first-order valence-corrected chi connectivity index (χ1v) is 9.58. The lowest BCUT2D eigenvalue weighted by Gasteiger charge is -2.36. The zero-order chi connectivity index (χ0) is 19.8. The van der Waals surface area contributed by atoms with Gasteiger partial charge in [-0.3, -0.25) is 14.7 Å². The van der Waals surface area contributed by atoms with E-state index in [1.54, 1.807) is 0 Å². The monoisotopic (exact) mass is 390 g/mol. The molecule has 0 unspecified atom stereocenters. The number of hydrogen-bond donors (Lipinski definition) is 1. The number of nitrogens with zero attached hydrogens (tertiary/aromatic N) is 3. The Bertz CT molecular complexity index is 903. The van der Waals surface area contributed by atoms with Gasteiger partial charge in [0.2, 0.25) is 5.95 Å². The molecule has 2 aliphatic rings. The first-order valence-electron chi connectivity index (χ1n) is 9.58. The van der Waals surface area contributed by atoms with E-state index >= 15 is 0 Å². The molecule has 3 heterocycles. The van der Waals surface area contributed by atoms with Crippen molar-refractivity contribution >= 4 is 5.95 Å². The van der Waals surface area contributed by atoms with Gasteiger partial charge in [-0.2, -0.15) is 0 Å².